The van der Waals surface area contributed by atoms with Gasteiger partial charge in [0, 0.05) is 22.7 Å². The zero-order chi connectivity index (χ0) is 8.53. The van der Waals surface area contributed by atoms with Gasteiger partial charge in [-0.05, 0) is 6.92 Å². The lowest BCUT2D eigenvalue weighted by molar-refractivity contribution is -0.377. The summed E-state index contributed by atoms with van der Waals surface area (Å²) in [6.07, 6.45) is 3.75. The first-order valence-electron chi connectivity index (χ1n) is 3.11. The average molecular weight is 227 g/mol. The quantitative estimate of drug-likeness (QED) is 0.583. The van der Waals surface area contributed by atoms with E-state index in [1.54, 1.807) is 6.92 Å². The zero-order valence-electron chi connectivity index (χ0n) is 6.60. The Hall–Kier alpha value is -0.240. The smallest absolute Gasteiger partial charge is 0.166 e. The first kappa shape index (κ1) is 14.3. The van der Waals surface area contributed by atoms with Gasteiger partial charge in [-0.25, -0.2) is 4.98 Å². The molecular weight excluding hydrogens is 216 g/mol. The normalized spacial score (nSPS) is 9.08. The van der Waals surface area contributed by atoms with E-state index in [0.29, 0.717) is 5.03 Å². The summed E-state index contributed by atoms with van der Waals surface area (Å²) in [7, 11) is 0. The third kappa shape index (κ3) is 12.4. The number of hydrogen-bond donors (Lipinski definition) is 0. The summed E-state index contributed by atoms with van der Waals surface area (Å²) >= 11 is 10.2. The first-order chi connectivity index (χ1) is 5.27. The lowest BCUT2D eigenvalue weighted by Crippen LogP contribution is -3.00. The van der Waals surface area contributed by atoms with Crippen LogP contribution in [0.4, 0.5) is 0 Å². The standard InChI is InChI=1S/C5H5N.C3H4Cl2.ClH/c1-2-4-6-5-3-1;1-3(5)2-4;/h1-5H;2H,1H3;1H. The van der Waals surface area contributed by atoms with Crippen LogP contribution >= 0.6 is 23.2 Å². The van der Waals surface area contributed by atoms with E-state index < -0.39 is 0 Å². The molecule has 0 spiro atoms. The van der Waals surface area contributed by atoms with Crippen molar-refractivity contribution >= 4 is 23.2 Å². The zero-order valence-corrected chi connectivity index (χ0v) is 8.87. The molecule has 1 aromatic heterocycles. The van der Waals surface area contributed by atoms with Crippen LogP contribution in [0.5, 0.6) is 0 Å². The molecule has 12 heavy (non-hydrogen) atoms. The fraction of sp³-hybridized carbons (Fsp3) is 0.125. The number of allylic oxidation sites excluding steroid dienone is 1. The number of nitrogens with one attached hydrogen (secondary N) is 1. The van der Waals surface area contributed by atoms with Crippen LogP contribution in [0.1, 0.15) is 6.92 Å². The second-order valence-electron chi connectivity index (χ2n) is 1.77. The molecule has 1 nitrogen and oxygen atoms in total. The average Bonchev–Trinajstić information content (AvgIpc) is 2.09. The molecule has 0 aliphatic heterocycles. The molecule has 68 valence electrons. The Labute approximate surface area is 88.8 Å². The summed E-state index contributed by atoms with van der Waals surface area (Å²) in [5.74, 6) is 0. The topological polar surface area (TPSA) is 14.1 Å². The van der Waals surface area contributed by atoms with Crippen molar-refractivity contribution in [2.45, 2.75) is 6.92 Å². The lowest BCUT2D eigenvalue weighted by atomic mass is 10.5. The van der Waals surface area contributed by atoms with Gasteiger partial charge in [0.25, 0.3) is 0 Å². The van der Waals surface area contributed by atoms with Gasteiger partial charge in [-0.2, -0.15) is 0 Å². The van der Waals surface area contributed by atoms with Crippen molar-refractivity contribution in [1.82, 2.24) is 0 Å². The molecule has 0 amide bonds. The van der Waals surface area contributed by atoms with E-state index in [2.05, 4.69) is 4.98 Å². The van der Waals surface area contributed by atoms with Crippen LogP contribution in [0.15, 0.2) is 41.2 Å². The molecule has 4 heteroatoms. The van der Waals surface area contributed by atoms with E-state index >= 15 is 0 Å². The molecule has 1 rings (SSSR count). The van der Waals surface area contributed by atoms with Crippen LogP contribution in [-0.4, -0.2) is 0 Å². The fourth-order valence-electron chi connectivity index (χ4n) is 0.342. The second-order valence-corrected chi connectivity index (χ2v) is 2.59. The van der Waals surface area contributed by atoms with Gasteiger partial charge in [0.2, 0.25) is 0 Å². The van der Waals surface area contributed by atoms with Gasteiger partial charge < -0.3 is 12.4 Å². The molecule has 0 aromatic carbocycles. The maximum Gasteiger partial charge on any atom is 0.166 e. The minimum absolute atomic E-state index is 0. The van der Waals surface area contributed by atoms with Crippen LogP contribution < -0.4 is 17.4 Å². The fourth-order valence-corrected chi connectivity index (χ4v) is 0.342. The number of hydrogen-bond acceptors (Lipinski definition) is 0. The largest absolute Gasteiger partial charge is 1.00 e. The van der Waals surface area contributed by atoms with Gasteiger partial charge >= 0.3 is 0 Å². The van der Waals surface area contributed by atoms with E-state index in [9.17, 15) is 0 Å². The van der Waals surface area contributed by atoms with E-state index in [0.717, 1.165) is 0 Å². The Morgan fingerprint density at radius 2 is 1.67 bits per heavy atom. The van der Waals surface area contributed by atoms with E-state index in [1.165, 1.54) is 5.54 Å². The van der Waals surface area contributed by atoms with Crippen LogP contribution in [0.2, 0.25) is 0 Å². The Bertz CT molecular complexity index is 168. The molecule has 1 heterocycles. The number of aromatic amines is 1. The molecule has 0 fully saturated rings. The maximum absolute atomic E-state index is 5.19. The summed E-state index contributed by atoms with van der Waals surface area (Å²) < 4.78 is 0. The Balaban J connectivity index is 0. The third-order valence-electron chi connectivity index (χ3n) is 0.757. The summed E-state index contributed by atoms with van der Waals surface area (Å²) in [6, 6.07) is 5.86. The highest BCUT2D eigenvalue weighted by atomic mass is 35.5. The Kier molecular flexibility index (Phi) is 12.8. The van der Waals surface area contributed by atoms with Crippen LogP contribution in [0.3, 0.4) is 0 Å². The van der Waals surface area contributed by atoms with Crippen molar-refractivity contribution in [2.75, 3.05) is 0 Å². The van der Waals surface area contributed by atoms with Gasteiger partial charge in [0.05, 0.1) is 0 Å². The highest BCUT2D eigenvalue weighted by molar-refractivity contribution is 6.36. The minimum atomic E-state index is 0. The Morgan fingerprint density at radius 3 is 1.75 bits per heavy atom. The molecule has 0 unspecified atom stereocenters. The molecule has 0 aliphatic carbocycles. The monoisotopic (exact) mass is 225 g/mol. The van der Waals surface area contributed by atoms with Crippen LogP contribution in [0, 0.1) is 0 Å². The van der Waals surface area contributed by atoms with E-state index in [-0.39, 0.29) is 12.4 Å². The molecule has 0 radical (unpaired) electrons. The Morgan fingerprint density at radius 1 is 1.25 bits per heavy atom. The van der Waals surface area contributed by atoms with E-state index in [1.807, 2.05) is 30.6 Å². The highest BCUT2D eigenvalue weighted by Crippen LogP contribution is 1.97. The third-order valence-corrected chi connectivity index (χ3v) is 1.31. The number of H-pyrrole nitrogens is 1. The molecular formula is C8H10Cl3N. The van der Waals surface area contributed by atoms with Crippen molar-refractivity contribution in [3.63, 3.8) is 0 Å². The van der Waals surface area contributed by atoms with Gasteiger partial charge in [-0.1, -0.05) is 29.3 Å². The van der Waals surface area contributed by atoms with Crippen LogP contribution in [0.25, 0.3) is 0 Å². The van der Waals surface area contributed by atoms with Gasteiger partial charge in [0.15, 0.2) is 12.4 Å². The van der Waals surface area contributed by atoms with Crippen molar-refractivity contribution in [2.24, 2.45) is 0 Å². The number of halogens is 3. The number of rotatable bonds is 0. The summed E-state index contributed by atoms with van der Waals surface area (Å²) in [5.41, 5.74) is 1.32. The first-order valence-corrected chi connectivity index (χ1v) is 3.92. The van der Waals surface area contributed by atoms with Crippen molar-refractivity contribution in [1.29, 1.82) is 0 Å². The minimum Gasteiger partial charge on any atom is -1.00 e. The van der Waals surface area contributed by atoms with Crippen LogP contribution in [-0.2, 0) is 0 Å². The van der Waals surface area contributed by atoms with Gasteiger partial charge in [-0.3, -0.25) is 0 Å². The molecule has 0 aliphatic rings. The summed E-state index contributed by atoms with van der Waals surface area (Å²) in [6.45, 7) is 1.72. The van der Waals surface area contributed by atoms with Crippen molar-refractivity contribution in [3.8, 4) is 0 Å². The second kappa shape index (κ2) is 10.8. The predicted octanol–water partition coefficient (Wildman–Crippen LogP) is -0.170. The molecule has 0 bridgehead atoms. The molecule has 1 aromatic rings. The molecule has 1 N–H and O–H groups in total. The molecule has 0 atom stereocenters. The maximum atomic E-state index is 5.19. The number of aromatic nitrogens is 1. The lowest BCUT2D eigenvalue weighted by Gasteiger charge is -1.68. The van der Waals surface area contributed by atoms with Gasteiger partial charge in [-0.15, -0.1) is 0 Å². The predicted molar refractivity (Wildman–Crippen MR) is 48.5 cm³/mol. The SMILES string of the molecule is CC(Cl)=CCl.[Cl-].c1cc[nH+]cc1. The van der Waals surface area contributed by atoms with E-state index in [4.69, 9.17) is 23.2 Å². The van der Waals surface area contributed by atoms with Crippen molar-refractivity contribution in [3.05, 3.63) is 41.2 Å². The highest BCUT2D eigenvalue weighted by Gasteiger charge is 1.66. The molecule has 0 saturated heterocycles. The van der Waals surface area contributed by atoms with Crippen molar-refractivity contribution < 1.29 is 17.4 Å². The summed E-state index contributed by atoms with van der Waals surface area (Å²) in [4.78, 5) is 2.89. The molecule has 0 saturated carbocycles. The summed E-state index contributed by atoms with van der Waals surface area (Å²) in [5, 5.41) is 0.617. The van der Waals surface area contributed by atoms with Gasteiger partial charge in [0.1, 0.15) is 0 Å². The number of pyridine rings is 1.